The van der Waals surface area contributed by atoms with E-state index < -0.39 is 5.60 Å². The average molecular weight is 494 g/mol. The summed E-state index contributed by atoms with van der Waals surface area (Å²) < 4.78 is 10.2. The van der Waals surface area contributed by atoms with E-state index in [2.05, 4.69) is 12.1 Å². The second-order valence-electron chi connectivity index (χ2n) is 10.2. The number of methoxy groups -OCH3 is 1. The van der Waals surface area contributed by atoms with Gasteiger partial charge in [0.15, 0.2) is 0 Å². The Kier molecular flexibility index (Phi) is 7.52. The number of ether oxygens (including phenoxy) is 2. The molecule has 2 aromatic carbocycles. The van der Waals surface area contributed by atoms with Crippen molar-refractivity contribution in [3.8, 4) is 0 Å². The van der Waals surface area contributed by atoms with Crippen LogP contribution in [-0.2, 0) is 33.5 Å². The number of carbonyl (C=O) groups excluding carboxylic acids is 3. The van der Waals surface area contributed by atoms with Gasteiger partial charge in [-0.05, 0) is 81.0 Å². The second kappa shape index (κ2) is 10.6. The van der Waals surface area contributed by atoms with E-state index in [1.165, 1.54) is 18.2 Å². The topological polar surface area (TPSA) is 79.4 Å². The minimum absolute atomic E-state index is 0.0544. The quantitative estimate of drug-likeness (QED) is 0.570. The van der Waals surface area contributed by atoms with E-state index in [0.29, 0.717) is 39.0 Å². The van der Waals surface area contributed by atoms with E-state index in [1.54, 1.807) is 9.80 Å². The Labute approximate surface area is 212 Å². The molecule has 0 bridgehead atoms. The molecule has 2 aliphatic rings. The van der Waals surface area contributed by atoms with E-state index in [0.717, 1.165) is 29.8 Å². The molecule has 1 fully saturated rings. The Morgan fingerprint density at radius 2 is 1.47 bits per heavy atom. The molecule has 36 heavy (non-hydrogen) atoms. The molecule has 1 saturated heterocycles. The third-order valence-electron chi connectivity index (χ3n) is 6.56. The normalized spacial score (nSPS) is 16.0. The van der Waals surface area contributed by atoms with Gasteiger partial charge in [-0.2, -0.15) is 0 Å². The van der Waals surface area contributed by atoms with Gasteiger partial charge in [0.05, 0.1) is 7.11 Å². The van der Waals surface area contributed by atoms with E-state index in [4.69, 9.17) is 9.47 Å². The first-order valence-corrected chi connectivity index (χ1v) is 12.5. The minimum Gasteiger partial charge on any atom is -0.469 e. The molecular formula is C28H35N3O5. The molecule has 0 N–H and O–H groups in total. The highest BCUT2D eigenvalue weighted by molar-refractivity contribution is 6.06. The first kappa shape index (κ1) is 25.5. The molecule has 0 aliphatic carbocycles. The summed E-state index contributed by atoms with van der Waals surface area (Å²) in [7, 11) is 1.39. The summed E-state index contributed by atoms with van der Waals surface area (Å²) in [6.45, 7) is 8.04. The fourth-order valence-corrected chi connectivity index (χ4v) is 4.60. The molecule has 0 saturated carbocycles. The number of hydrogen-bond donors (Lipinski definition) is 0. The molecule has 0 radical (unpaired) electrons. The molecule has 2 aromatic rings. The number of rotatable bonds is 5. The maximum atomic E-state index is 13.3. The first-order chi connectivity index (χ1) is 17.1. The zero-order chi connectivity index (χ0) is 25.9. The minimum atomic E-state index is -0.519. The van der Waals surface area contributed by atoms with Crippen LogP contribution in [0.3, 0.4) is 0 Å². The Morgan fingerprint density at radius 3 is 2.11 bits per heavy atom. The number of benzene rings is 2. The average Bonchev–Trinajstić information content (AvgIpc) is 3.09. The van der Waals surface area contributed by atoms with E-state index in [-0.39, 0.29) is 18.1 Å². The monoisotopic (exact) mass is 493 g/mol. The molecule has 8 heteroatoms. The summed E-state index contributed by atoms with van der Waals surface area (Å²) in [5.41, 5.74) is 4.60. The first-order valence-electron chi connectivity index (χ1n) is 12.5. The van der Waals surface area contributed by atoms with Gasteiger partial charge in [0.25, 0.3) is 0 Å². The lowest BCUT2D eigenvalue weighted by molar-refractivity contribution is -0.140. The molecular weight excluding hydrogens is 458 g/mol. The lowest BCUT2D eigenvalue weighted by Crippen LogP contribution is -2.38. The number of amides is 3. The number of hydrogen-bond acceptors (Lipinski definition) is 5. The lowest BCUT2D eigenvalue weighted by Gasteiger charge is -2.26. The van der Waals surface area contributed by atoms with Gasteiger partial charge in [0.2, 0.25) is 0 Å². The van der Waals surface area contributed by atoms with Crippen LogP contribution in [-0.4, -0.2) is 61.9 Å². The number of anilines is 2. The number of carbonyl (C=O) groups is 3. The third kappa shape index (κ3) is 5.98. The smallest absolute Gasteiger partial charge is 0.410 e. The maximum Gasteiger partial charge on any atom is 0.410 e. The van der Waals surface area contributed by atoms with Crippen LogP contribution in [0, 0.1) is 0 Å². The van der Waals surface area contributed by atoms with Crippen LogP contribution >= 0.6 is 0 Å². The van der Waals surface area contributed by atoms with Crippen LogP contribution in [0.25, 0.3) is 0 Å². The van der Waals surface area contributed by atoms with E-state index >= 15 is 0 Å². The molecule has 3 amide bonds. The standard InChI is InChI=1S/C28H35N3O5/c1-28(2,3)36-27(34)29-15-13-21-8-11-24(19-22(21)14-16-29)31-18-17-30(26(31)33)23-9-5-20(6-10-23)7-12-25(32)35-4/h5-6,8-11,19H,7,12-18H2,1-4H3. The highest BCUT2D eigenvalue weighted by atomic mass is 16.6. The van der Waals surface area contributed by atoms with Gasteiger partial charge in [-0.1, -0.05) is 18.2 Å². The third-order valence-corrected chi connectivity index (χ3v) is 6.56. The molecule has 192 valence electrons. The Balaban J connectivity index is 1.40. The fourth-order valence-electron chi connectivity index (χ4n) is 4.60. The molecule has 0 spiro atoms. The van der Waals surface area contributed by atoms with Gasteiger partial charge >= 0.3 is 18.1 Å². The number of esters is 1. The summed E-state index contributed by atoms with van der Waals surface area (Å²) >= 11 is 0. The number of fused-ring (bicyclic) bond motifs is 1. The van der Waals surface area contributed by atoms with Gasteiger partial charge < -0.3 is 14.4 Å². The molecule has 0 atom stereocenters. The predicted molar refractivity (Wildman–Crippen MR) is 139 cm³/mol. The van der Waals surface area contributed by atoms with Crippen molar-refractivity contribution in [2.75, 3.05) is 43.1 Å². The van der Waals surface area contributed by atoms with Crippen molar-refractivity contribution in [3.05, 3.63) is 59.2 Å². The number of aryl methyl sites for hydroxylation is 1. The van der Waals surface area contributed by atoms with Crippen LogP contribution in [0.1, 0.15) is 43.9 Å². The van der Waals surface area contributed by atoms with Gasteiger partial charge in [-0.25, -0.2) is 9.59 Å². The van der Waals surface area contributed by atoms with Crippen molar-refractivity contribution in [3.63, 3.8) is 0 Å². The Hall–Kier alpha value is -3.55. The van der Waals surface area contributed by atoms with Crippen molar-refractivity contribution < 1.29 is 23.9 Å². The van der Waals surface area contributed by atoms with Crippen molar-refractivity contribution in [2.24, 2.45) is 0 Å². The second-order valence-corrected chi connectivity index (χ2v) is 10.2. The SMILES string of the molecule is COC(=O)CCc1ccc(N2CCN(c3ccc4c(c3)CCN(C(=O)OC(C)(C)C)CC4)C2=O)cc1. The van der Waals surface area contributed by atoms with Crippen molar-refractivity contribution in [1.29, 1.82) is 0 Å². The molecule has 0 aromatic heterocycles. The highest BCUT2D eigenvalue weighted by Gasteiger charge is 2.31. The predicted octanol–water partition coefficient (Wildman–Crippen LogP) is 4.57. The van der Waals surface area contributed by atoms with Crippen LogP contribution in [0.5, 0.6) is 0 Å². The van der Waals surface area contributed by atoms with Crippen LogP contribution in [0.15, 0.2) is 42.5 Å². The van der Waals surface area contributed by atoms with Crippen LogP contribution in [0.4, 0.5) is 21.0 Å². The molecule has 4 rings (SSSR count). The van der Waals surface area contributed by atoms with Crippen LogP contribution < -0.4 is 9.80 Å². The molecule has 2 aliphatic heterocycles. The van der Waals surface area contributed by atoms with Crippen LogP contribution in [0.2, 0.25) is 0 Å². The zero-order valence-corrected chi connectivity index (χ0v) is 21.6. The van der Waals surface area contributed by atoms with E-state index in [1.807, 2.05) is 56.0 Å². The molecule has 0 unspecified atom stereocenters. The van der Waals surface area contributed by atoms with Gasteiger partial charge in [0, 0.05) is 44.0 Å². The fraction of sp³-hybridized carbons (Fsp3) is 0.464. The van der Waals surface area contributed by atoms with Gasteiger partial charge in [-0.3, -0.25) is 14.6 Å². The summed E-state index contributed by atoms with van der Waals surface area (Å²) in [5, 5.41) is 0. The van der Waals surface area contributed by atoms with E-state index in [9.17, 15) is 14.4 Å². The summed E-state index contributed by atoms with van der Waals surface area (Å²) in [6.07, 6.45) is 2.14. The van der Waals surface area contributed by atoms with Gasteiger partial charge in [0.1, 0.15) is 5.60 Å². The van der Waals surface area contributed by atoms with Crippen molar-refractivity contribution >= 4 is 29.5 Å². The van der Waals surface area contributed by atoms with Crippen molar-refractivity contribution in [2.45, 2.75) is 52.1 Å². The summed E-state index contributed by atoms with van der Waals surface area (Å²) in [6, 6.07) is 13.9. The summed E-state index contributed by atoms with van der Waals surface area (Å²) in [4.78, 5) is 42.5. The molecule has 8 nitrogen and oxygen atoms in total. The Morgan fingerprint density at radius 1 is 0.861 bits per heavy atom. The number of nitrogens with zero attached hydrogens (tertiary/aromatic N) is 3. The number of urea groups is 1. The zero-order valence-electron chi connectivity index (χ0n) is 21.6. The summed E-state index contributed by atoms with van der Waals surface area (Å²) in [5.74, 6) is -0.234. The highest BCUT2D eigenvalue weighted by Crippen LogP contribution is 2.29. The van der Waals surface area contributed by atoms with Gasteiger partial charge in [-0.15, -0.1) is 0 Å². The maximum absolute atomic E-state index is 13.3. The largest absolute Gasteiger partial charge is 0.469 e. The lowest BCUT2D eigenvalue weighted by atomic mass is 10.0. The molecule has 2 heterocycles. The Bertz CT molecular complexity index is 1120. The van der Waals surface area contributed by atoms with Crippen molar-refractivity contribution in [1.82, 2.24) is 4.90 Å².